The Hall–Kier alpha value is -0.190. The lowest BCUT2D eigenvalue weighted by Crippen LogP contribution is -2.08. The highest BCUT2D eigenvalue weighted by molar-refractivity contribution is 8.13. The molecule has 0 radical (unpaired) electrons. The van der Waals surface area contributed by atoms with Gasteiger partial charge < -0.3 is 0 Å². The van der Waals surface area contributed by atoms with Crippen LogP contribution < -0.4 is 0 Å². The number of benzene rings is 1. The van der Waals surface area contributed by atoms with Gasteiger partial charge in [0.1, 0.15) is 0 Å². The highest BCUT2D eigenvalue weighted by atomic mass is 35.7. The highest BCUT2D eigenvalue weighted by Gasteiger charge is 2.18. The van der Waals surface area contributed by atoms with Gasteiger partial charge in [-0.1, -0.05) is 12.1 Å². The molecular weight excluding hydrogens is 264 g/mol. The number of hydrogen-bond acceptors (Lipinski definition) is 3. The topological polar surface area (TPSA) is 34.1 Å². The Morgan fingerprint density at radius 1 is 1.25 bits per heavy atom. The van der Waals surface area contributed by atoms with E-state index < -0.39 is 9.05 Å². The largest absolute Gasteiger partial charge is 0.261 e. The maximum absolute atomic E-state index is 11.2. The zero-order chi connectivity index (χ0) is 11.6. The summed E-state index contributed by atoms with van der Waals surface area (Å²) >= 11 is 1.96. The van der Waals surface area contributed by atoms with Crippen molar-refractivity contribution in [3.63, 3.8) is 0 Å². The Bertz CT molecular complexity index is 465. The van der Waals surface area contributed by atoms with Crippen LogP contribution in [0.3, 0.4) is 0 Å². The fraction of sp³-hybridized carbons (Fsp3) is 0.455. The summed E-state index contributed by atoms with van der Waals surface area (Å²) in [6.45, 7) is 0. The molecule has 0 aliphatic carbocycles. The minimum absolute atomic E-state index is 0.213. The van der Waals surface area contributed by atoms with Crippen LogP contribution in [-0.2, 0) is 9.05 Å². The zero-order valence-corrected chi connectivity index (χ0v) is 11.1. The third-order valence-electron chi connectivity index (χ3n) is 2.83. The Balaban J connectivity index is 2.28. The summed E-state index contributed by atoms with van der Waals surface area (Å²) in [4.78, 5) is 0.213. The van der Waals surface area contributed by atoms with Crippen molar-refractivity contribution in [3.8, 4) is 0 Å². The molecule has 1 aliphatic heterocycles. The quantitative estimate of drug-likeness (QED) is 0.778. The number of halogens is 1. The monoisotopic (exact) mass is 276 g/mol. The molecule has 1 fully saturated rings. The van der Waals surface area contributed by atoms with Crippen LogP contribution in [0.1, 0.15) is 24.3 Å². The molecule has 1 aromatic rings. The average Bonchev–Trinajstić information content (AvgIpc) is 2.29. The van der Waals surface area contributed by atoms with Gasteiger partial charge in [0.25, 0.3) is 9.05 Å². The Morgan fingerprint density at radius 2 is 1.94 bits per heavy atom. The molecule has 88 valence electrons. The molecule has 0 aromatic heterocycles. The molecule has 0 bridgehead atoms. The van der Waals surface area contributed by atoms with Crippen molar-refractivity contribution in [3.05, 3.63) is 29.8 Å². The molecular formula is C11H13ClO2S2. The van der Waals surface area contributed by atoms with Crippen molar-refractivity contribution in [1.29, 1.82) is 0 Å². The predicted molar refractivity (Wildman–Crippen MR) is 68.8 cm³/mol. The van der Waals surface area contributed by atoms with Gasteiger partial charge in [-0.3, -0.25) is 0 Å². The molecule has 0 amide bonds. The maximum Gasteiger partial charge on any atom is 0.261 e. The molecule has 0 spiro atoms. The van der Waals surface area contributed by atoms with Gasteiger partial charge in [-0.15, -0.1) is 0 Å². The summed E-state index contributed by atoms with van der Waals surface area (Å²) in [5.41, 5.74) is 1.10. The third kappa shape index (κ3) is 2.93. The Kier molecular flexibility index (Phi) is 3.82. The van der Waals surface area contributed by atoms with Crippen molar-refractivity contribution in [2.45, 2.75) is 23.7 Å². The first kappa shape index (κ1) is 12.3. The van der Waals surface area contributed by atoms with E-state index >= 15 is 0 Å². The average molecular weight is 277 g/mol. The van der Waals surface area contributed by atoms with E-state index in [1.54, 1.807) is 18.2 Å². The predicted octanol–water partition coefficient (Wildman–Crippen LogP) is 3.22. The molecule has 5 heteroatoms. The minimum atomic E-state index is -3.60. The van der Waals surface area contributed by atoms with Crippen molar-refractivity contribution in [2.24, 2.45) is 0 Å². The second-order valence-electron chi connectivity index (χ2n) is 3.90. The molecule has 1 aromatic carbocycles. The smallest absolute Gasteiger partial charge is 0.207 e. The molecule has 2 rings (SSSR count). The standard InChI is InChI=1S/C11H13ClO2S2/c12-16(13,14)11-3-1-2-10(8-11)9-4-6-15-7-5-9/h1-3,8-9H,4-7H2. The normalized spacial score (nSPS) is 18.6. The first-order chi connectivity index (χ1) is 7.57. The Labute approximate surface area is 105 Å². The highest BCUT2D eigenvalue weighted by Crippen LogP contribution is 2.32. The van der Waals surface area contributed by atoms with E-state index in [0.717, 1.165) is 29.9 Å². The summed E-state index contributed by atoms with van der Waals surface area (Å²) in [5, 5.41) is 0. The van der Waals surface area contributed by atoms with Gasteiger partial charge in [-0.2, -0.15) is 11.8 Å². The van der Waals surface area contributed by atoms with Crippen LogP contribution >= 0.6 is 22.4 Å². The Morgan fingerprint density at radius 3 is 2.56 bits per heavy atom. The lowest BCUT2D eigenvalue weighted by atomic mass is 9.94. The van der Waals surface area contributed by atoms with Crippen molar-refractivity contribution in [1.82, 2.24) is 0 Å². The van der Waals surface area contributed by atoms with Crippen molar-refractivity contribution in [2.75, 3.05) is 11.5 Å². The van der Waals surface area contributed by atoms with E-state index in [1.165, 1.54) is 0 Å². The van der Waals surface area contributed by atoms with Gasteiger partial charge in [0.15, 0.2) is 0 Å². The molecule has 1 saturated heterocycles. The van der Waals surface area contributed by atoms with Gasteiger partial charge >= 0.3 is 0 Å². The van der Waals surface area contributed by atoms with Gasteiger partial charge in [0.2, 0.25) is 0 Å². The van der Waals surface area contributed by atoms with Gasteiger partial charge in [-0.25, -0.2) is 8.42 Å². The fourth-order valence-corrected chi connectivity index (χ4v) is 3.86. The van der Waals surface area contributed by atoms with E-state index in [0.29, 0.717) is 5.92 Å². The molecule has 0 saturated carbocycles. The summed E-state index contributed by atoms with van der Waals surface area (Å²) in [6.07, 6.45) is 2.24. The lowest BCUT2D eigenvalue weighted by Gasteiger charge is -2.21. The second kappa shape index (κ2) is 4.98. The molecule has 1 heterocycles. The summed E-state index contributed by atoms with van der Waals surface area (Å²) in [7, 11) is 1.74. The first-order valence-corrected chi connectivity index (χ1v) is 8.66. The molecule has 16 heavy (non-hydrogen) atoms. The van der Waals surface area contributed by atoms with E-state index in [-0.39, 0.29) is 4.90 Å². The van der Waals surface area contributed by atoms with Crippen LogP contribution in [0.2, 0.25) is 0 Å². The fourth-order valence-electron chi connectivity index (χ4n) is 1.95. The molecule has 1 aliphatic rings. The van der Waals surface area contributed by atoms with Gasteiger partial charge in [0.05, 0.1) is 4.90 Å². The van der Waals surface area contributed by atoms with Crippen LogP contribution in [0, 0.1) is 0 Å². The summed E-state index contributed by atoms with van der Waals surface area (Å²) in [5.74, 6) is 2.80. The van der Waals surface area contributed by atoms with E-state index in [9.17, 15) is 8.42 Å². The first-order valence-electron chi connectivity index (χ1n) is 5.20. The van der Waals surface area contributed by atoms with Crippen LogP contribution in [0.4, 0.5) is 0 Å². The number of thioether (sulfide) groups is 1. The number of rotatable bonds is 2. The summed E-state index contributed by atoms with van der Waals surface area (Å²) < 4.78 is 22.5. The van der Waals surface area contributed by atoms with E-state index in [2.05, 4.69) is 0 Å². The van der Waals surface area contributed by atoms with Gasteiger partial charge in [-0.05, 0) is 48.0 Å². The summed E-state index contributed by atoms with van der Waals surface area (Å²) in [6, 6.07) is 7.02. The lowest BCUT2D eigenvalue weighted by molar-refractivity contribution is 0.607. The molecule has 2 nitrogen and oxygen atoms in total. The van der Waals surface area contributed by atoms with Gasteiger partial charge in [0, 0.05) is 10.7 Å². The third-order valence-corrected chi connectivity index (χ3v) is 5.23. The maximum atomic E-state index is 11.2. The zero-order valence-electron chi connectivity index (χ0n) is 8.73. The van der Waals surface area contributed by atoms with E-state index in [4.69, 9.17) is 10.7 Å². The number of hydrogen-bond donors (Lipinski definition) is 0. The van der Waals surface area contributed by atoms with Crippen molar-refractivity contribution < 1.29 is 8.42 Å². The van der Waals surface area contributed by atoms with Crippen LogP contribution in [0.15, 0.2) is 29.2 Å². The second-order valence-corrected chi connectivity index (χ2v) is 7.69. The molecule has 0 unspecified atom stereocenters. The SMILES string of the molecule is O=S(=O)(Cl)c1cccc(C2CCSCC2)c1. The van der Waals surface area contributed by atoms with Crippen LogP contribution in [0.25, 0.3) is 0 Å². The van der Waals surface area contributed by atoms with Crippen LogP contribution in [-0.4, -0.2) is 19.9 Å². The van der Waals surface area contributed by atoms with E-state index in [1.807, 2.05) is 17.8 Å². The molecule has 0 N–H and O–H groups in total. The van der Waals surface area contributed by atoms with Crippen molar-refractivity contribution >= 4 is 31.5 Å². The minimum Gasteiger partial charge on any atom is -0.207 e. The molecule has 0 atom stereocenters. The van der Waals surface area contributed by atoms with Crippen LogP contribution in [0.5, 0.6) is 0 Å².